The highest BCUT2D eigenvalue weighted by Gasteiger charge is 2.16. The zero-order valence-corrected chi connectivity index (χ0v) is 15.0. The Kier molecular flexibility index (Phi) is 4.62. The van der Waals surface area contributed by atoms with E-state index in [2.05, 4.69) is 15.3 Å². The van der Waals surface area contributed by atoms with Crippen LogP contribution in [0.25, 0.3) is 22.1 Å². The number of hydrogen-bond donors (Lipinski definition) is 1. The van der Waals surface area contributed by atoms with Crippen LogP contribution in [-0.2, 0) is 17.8 Å². The Morgan fingerprint density at radius 2 is 2.08 bits per heavy atom. The van der Waals surface area contributed by atoms with Crippen LogP contribution >= 0.6 is 11.8 Å². The van der Waals surface area contributed by atoms with Gasteiger partial charge in [-0.3, -0.25) is 4.79 Å². The number of aryl methyl sites for hydroxylation is 1. The van der Waals surface area contributed by atoms with Crippen molar-refractivity contribution in [1.29, 1.82) is 0 Å². The first-order chi connectivity index (χ1) is 12.7. The smallest absolute Gasteiger partial charge is 0.230 e. The molecule has 1 amide bonds. The highest BCUT2D eigenvalue weighted by molar-refractivity contribution is 8.00. The van der Waals surface area contributed by atoms with E-state index < -0.39 is 0 Å². The van der Waals surface area contributed by atoms with Crippen molar-refractivity contribution >= 4 is 39.7 Å². The second-order valence-corrected chi connectivity index (χ2v) is 6.68. The van der Waals surface area contributed by atoms with E-state index in [0.29, 0.717) is 23.6 Å². The molecule has 0 saturated carbocycles. The van der Waals surface area contributed by atoms with Crippen LogP contribution in [-0.4, -0.2) is 21.6 Å². The molecular weight excluding hydrogens is 350 g/mol. The second-order valence-electron chi connectivity index (χ2n) is 5.72. The van der Waals surface area contributed by atoms with Crippen LogP contribution in [0.15, 0.2) is 56.5 Å². The molecule has 0 saturated heterocycles. The van der Waals surface area contributed by atoms with Crippen molar-refractivity contribution in [1.82, 2.24) is 15.3 Å². The summed E-state index contributed by atoms with van der Waals surface area (Å²) in [6.07, 6.45) is 2.30. The zero-order chi connectivity index (χ0) is 17.9. The van der Waals surface area contributed by atoms with Crippen molar-refractivity contribution < 1.29 is 13.6 Å². The lowest BCUT2D eigenvalue weighted by Gasteiger charge is -2.05. The lowest BCUT2D eigenvalue weighted by Crippen LogP contribution is -2.24. The van der Waals surface area contributed by atoms with Crippen LogP contribution in [0.5, 0.6) is 0 Å². The summed E-state index contributed by atoms with van der Waals surface area (Å²) in [7, 11) is 0. The number of nitrogens with zero attached hydrogens (tertiary/aromatic N) is 2. The normalized spacial score (nSPS) is 11.3. The van der Waals surface area contributed by atoms with Gasteiger partial charge in [0.05, 0.1) is 18.6 Å². The zero-order valence-electron chi connectivity index (χ0n) is 14.2. The van der Waals surface area contributed by atoms with E-state index in [-0.39, 0.29) is 11.7 Å². The molecule has 0 atom stereocenters. The fourth-order valence-corrected chi connectivity index (χ4v) is 3.46. The van der Waals surface area contributed by atoms with Crippen LogP contribution in [0.4, 0.5) is 0 Å². The fraction of sp³-hybridized carbons (Fsp3) is 0.211. The molecule has 3 aromatic heterocycles. The second kappa shape index (κ2) is 7.21. The van der Waals surface area contributed by atoms with Gasteiger partial charge in [-0.1, -0.05) is 30.8 Å². The molecule has 6 nitrogen and oxygen atoms in total. The first-order valence-corrected chi connectivity index (χ1v) is 9.33. The Bertz CT molecular complexity index is 1060. The molecule has 0 fully saturated rings. The highest BCUT2D eigenvalue weighted by Crippen LogP contribution is 2.33. The Morgan fingerprint density at radius 3 is 2.88 bits per heavy atom. The molecule has 0 aliphatic heterocycles. The number of furan rings is 2. The monoisotopic (exact) mass is 367 g/mol. The number of aromatic nitrogens is 2. The molecule has 0 bridgehead atoms. The number of thioether (sulfide) groups is 1. The van der Waals surface area contributed by atoms with Crippen LogP contribution in [0.2, 0.25) is 0 Å². The molecule has 1 aromatic carbocycles. The van der Waals surface area contributed by atoms with Gasteiger partial charge in [-0.2, -0.15) is 0 Å². The van der Waals surface area contributed by atoms with Crippen molar-refractivity contribution in [3.05, 3.63) is 54.2 Å². The number of carbonyl (C=O) groups excluding carboxylic acids is 1. The summed E-state index contributed by atoms with van der Waals surface area (Å²) >= 11 is 1.35. The van der Waals surface area contributed by atoms with Crippen LogP contribution < -0.4 is 5.32 Å². The Balaban J connectivity index is 1.56. The number of fused-ring (bicyclic) bond motifs is 3. The average Bonchev–Trinajstić information content (AvgIpc) is 3.31. The lowest BCUT2D eigenvalue weighted by atomic mass is 10.2. The maximum Gasteiger partial charge on any atom is 0.230 e. The molecule has 0 aliphatic carbocycles. The quantitative estimate of drug-likeness (QED) is 0.411. The molecule has 3 heterocycles. The van der Waals surface area contributed by atoms with Gasteiger partial charge < -0.3 is 14.2 Å². The summed E-state index contributed by atoms with van der Waals surface area (Å²) in [5.41, 5.74) is 2.20. The Hall–Kier alpha value is -2.80. The molecule has 0 spiro atoms. The van der Waals surface area contributed by atoms with E-state index in [9.17, 15) is 4.79 Å². The van der Waals surface area contributed by atoms with Crippen LogP contribution in [0.1, 0.15) is 18.5 Å². The van der Waals surface area contributed by atoms with Gasteiger partial charge in [-0.25, -0.2) is 9.97 Å². The van der Waals surface area contributed by atoms with E-state index in [1.807, 2.05) is 37.3 Å². The minimum absolute atomic E-state index is 0.0904. The lowest BCUT2D eigenvalue weighted by molar-refractivity contribution is -0.118. The van der Waals surface area contributed by atoms with E-state index in [1.54, 1.807) is 12.3 Å². The summed E-state index contributed by atoms with van der Waals surface area (Å²) in [6.45, 7) is 2.38. The van der Waals surface area contributed by atoms with Gasteiger partial charge in [0.2, 0.25) is 5.91 Å². The van der Waals surface area contributed by atoms with Crippen molar-refractivity contribution in [2.75, 3.05) is 5.75 Å². The number of rotatable bonds is 6. The average molecular weight is 367 g/mol. The molecule has 132 valence electrons. The van der Waals surface area contributed by atoms with Crippen molar-refractivity contribution in [2.24, 2.45) is 0 Å². The molecular formula is C19H17N3O3S. The molecule has 4 aromatic rings. The van der Waals surface area contributed by atoms with E-state index in [0.717, 1.165) is 28.1 Å². The number of benzene rings is 1. The molecule has 7 heteroatoms. The summed E-state index contributed by atoms with van der Waals surface area (Å²) in [4.78, 5) is 21.3. The predicted molar refractivity (Wildman–Crippen MR) is 100.0 cm³/mol. The van der Waals surface area contributed by atoms with E-state index in [4.69, 9.17) is 8.83 Å². The number of nitrogens with one attached hydrogen (secondary N) is 1. The third-order valence-electron chi connectivity index (χ3n) is 3.93. The Morgan fingerprint density at radius 1 is 1.19 bits per heavy atom. The van der Waals surface area contributed by atoms with Crippen molar-refractivity contribution in [3.8, 4) is 0 Å². The van der Waals surface area contributed by atoms with Crippen molar-refractivity contribution in [3.63, 3.8) is 0 Å². The first kappa shape index (κ1) is 16.7. The van der Waals surface area contributed by atoms with E-state index >= 15 is 0 Å². The molecule has 0 aliphatic rings. The van der Waals surface area contributed by atoms with Gasteiger partial charge in [0, 0.05) is 11.8 Å². The SMILES string of the molecule is CCc1nc(SCC(=O)NCc2ccco2)c2oc3ccccc3c2n1. The van der Waals surface area contributed by atoms with Gasteiger partial charge in [-0.05, 0) is 24.3 Å². The Labute approximate surface area is 154 Å². The van der Waals surface area contributed by atoms with Gasteiger partial charge in [0.25, 0.3) is 0 Å². The number of para-hydroxylation sites is 1. The van der Waals surface area contributed by atoms with E-state index in [1.165, 1.54) is 11.8 Å². The summed E-state index contributed by atoms with van der Waals surface area (Å²) in [5, 5.41) is 4.48. The fourth-order valence-electron chi connectivity index (χ4n) is 2.65. The predicted octanol–water partition coefficient (Wildman–Crippen LogP) is 3.94. The molecule has 1 N–H and O–H groups in total. The minimum atomic E-state index is -0.0904. The number of hydrogen-bond acceptors (Lipinski definition) is 6. The van der Waals surface area contributed by atoms with Crippen LogP contribution in [0.3, 0.4) is 0 Å². The molecule has 0 radical (unpaired) electrons. The van der Waals surface area contributed by atoms with Gasteiger partial charge in [0.1, 0.15) is 27.7 Å². The molecule has 0 unspecified atom stereocenters. The molecule has 4 rings (SSSR count). The maximum absolute atomic E-state index is 12.1. The topological polar surface area (TPSA) is 81.2 Å². The largest absolute Gasteiger partial charge is 0.467 e. The first-order valence-electron chi connectivity index (χ1n) is 8.34. The minimum Gasteiger partial charge on any atom is -0.467 e. The van der Waals surface area contributed by atoms with Gasteiger partial charge >= 0.3 is 0 Å². The van der Waals surface area contributed by atoms with Gasteiger partial charge in [0.15, 0.2) is 5.58 Å². The van der Waals surface area contributed by atoms with Crippen molar-refractivity contribution in [2.45, 2.75) is 24.9 Å². The maximum atomic E-state index is 12.1. The standard InChI is InChI=1S/C19H17N3O3S/c1-2-15-21-17-13-7-3-4-8-14(13)25-18(17)19(22-15)26-11-16(23)20-10-12-6-5-9-24-12/h3-9H,2,10-11H2,1H3,(H,20,23). The van der Waals surface area contributed by atoms with Crippen LogP contribution in [0, 0.1) is 0 Å². The third kappa shape index (κ3) is 3.30. The molecule has 26 heavy (non-hydrogen) atoms. The number of carbonyl (C=O) groups is 1. The highest BCUT2D eigenvalue weighted by atomic mass is 32.2. The number of amides is 1. The van der Waals surface area contributed by atoms with Gasteiger partial charge in [-0.15, -0.1) is 0 Å². The summed E-state index contributed by atoms with van der Waals surface area (Å²) in [5.74, 6) is 1.61. The summed E-state index contributed by atoms with van der Waals surface area (Å²) < 4.78 is 11.2. The third-order valence-corrected chi connectivity index (χ3v) is 4.89. The summed E-state index contributed by atoms with van der Waals surface area (Å²) in [6, 6.07) is 11.4.